The van der Waals surface area contributed by atoms with Crippen molar-refractivity contribution in [3.8, 4) is 0 Å². The van der Waals surface area contributed by atoms with Crippen LogP contribution in [0, 0.1) is 5.82 Å². The van der Waals surface area contributed by atoms with Crippen molar-refractivity contribution < 1.29 is 13.9 Å². The number of ether oxygens (including phenoxy) is 2. The molecular formula is C24H30FNO2S. The normalized spacial score (nSPS) is 28.9. The van der Waals surface area contributed by atoms with Gasteiger partial charge in [-0.1, -0.05) is 6.42 Å². The summed E-state index contributed by atoms with van der Waals surface area (Å²) in [7, 11) is 0. The van der Waals surface area contributed by atoms with E-state index >= 15 is 0 Å². The summed E-state index contributed by atoms with van der Waals surface area (Å²) >= 11 is 1.95. The zero-order chi connectivity index (χ0) is 19.7. The number of nitrogens with zero attached hydrogens (tertiary/aromatic N) is 1. The summed E-state index contributed by atoms with van der Waals surface area (Å²) < 4.78 is 26.0. The maximum atomic E-state index is 14.1. The molecule has 3 aliphatic rings. The van der Waals surface area contributed by atoms with E-state index in [1.165, 1.54) is 38.2 Å². The van der Waals surface area contributed by atoms with E-state index in [0.717, 1.165) is 44.4 Å². The Morgan fingerprint density at radius 1 is 1.17 bits per heavy atom. The van der Waals surface area contributed by atoms with Crippen molar-refractivity contribution in [1.29, 1.82) is 0 Å². The highest BCUT2D eigenvalue weighted by Gasteiger charge is 2.49. The second-order valence-electron chi connectivity index (χ2n) is 9.12. The van der Waals surface area contributed by atoms with Gasteiger partial charge in [-0.3, -0.25) is 4.98 Å². The minimum absolute atomic E-state index is 0.106. The molecule has 0 radical (unpaired) electrons. The van der Waals surface area contributed by atoms with Crippen LogP contribution >= 0.6 is 11.3 Å². The first kappa shape index (κ1) is 19.7. The first-order chi connectivity index (χ1) is 14.2. The number of hydrogen-bond acceptors (Lipinski definition) is 4. The molecule has 2 atom stereocenters. The van der Waals surface area contributed by atoms with E-state index in [2.05, 4.69) is 10.4 Å². The Hall–Kier alpha value is -1.30. The van der Waals surface area contributed by atoms with Crippen LogP contribution in [0.25, 0.3) is 0 Å². The Labute approximate surface area is 176 Å². The first-order valence-electron chi connectivity index (χ1n) is 11.1. The summed E-state index contributed by atoms with van der Waals surface area (Å²) in [5.41, 5.74) is 3.83. The third kappa shape index (κ3) is 3.89. The van der Waals surface area contributed by atoms with Gasteiger partial charge >= 0.3 is 0 Å². The van der Waals surface area contributed by atoms with Crippen molar-refractivity contribution in [3.63, 3.8) is 0 Å². The molecule has 2 fully saturated rings. The predicted octanol–water partition coefficient (Wildman–Crippen LogP) is 5.39. The van der Waals surface area contributed by atoms with Crippen LogP contribution in [0.2, 0.25) is 0 Å². The highest BCUT2D eigenvalue weighted by molar-refractivity contribution is 7.10. The summed E-state index contributed by atoms with van der Waals surface area (Å²) in [6.07, 6.45) is 12.8. The fourth-order valence-electron chi connectivity index (χ4n) is 5.70. The van der Waals surface area contributed by atoms with Crippen LogP contribution in [0.15, 0.2) is 23.7 Å². The molecule has 4 heterocycles. The molecule has 1 aliphatic carbocycles. The molecule has 156 valence electrons. The van der Waals surface area contributed by atoms with E-state index in [9.17, 15) is 4.39 Å². The first-order valence-corrected chi connectivity index (χ1v) is 12.0. The predicted molar refractivity (Wildman–Crippen MR) is 113 cm³/mol. The SMILES string of the molecule is Fc1ccnc([C@]2(CCCCc3scc4c3CCC4)CCO[C@]3(CCOC3)C2)c1. The van der Waals surface area contributed by atoms with Crippen molar-refractivity contribution in [1.82, 2.24) is 4.98 Å². The number of hydrogen-bond donors (Lipinski definition) is 0. The minimum Gasteiger partial charge on any atom is -0.378 e. The van der Waals surface area contributed by atoms with E-state index in [1.807, 2.05) is 11.3 Å². The molecule has 5 rings (SSSR count). The van der Waals surface area contributed by atoms with Gasteiger partial charge in [0.15, 0.2) is 0 Å². The third-order valence-corrected chi connectivity index (χ3v) is 8.37. The van der Waals surface area contributed by atoms with Crippen molar-refractivity contribution >= 4 is 11.3 Å². The number of halogens is 1. The lowest BCUT2D eigenvalue weighted by molar-refractivity contribution is -0.109. The molecule has 0 bridgehead atoms. The second kappa shape index (κ2) is 8.09. The Bertz CT molecular complexity index is 860. The fourth-order valence-corrected chi connectivity index (χ4v) is 6.89. The molecule has 2 aromatic rings. The van der Waals surface area contributed by atoms with Gasteiger partial charge in [-0.2, -0.15) is 0 Å². The molecule has 5 heteroatoms. The van der Waals surface area contributed by atoms with Gasteiger partial charge < -0.3 is 9.47 Å². The summed E-state index contributed by atoms with van der Waals surface area (Å²) in [6.45, 7) is 2.13. The monoisotopic (exact) mass is 415 g/mol. The number of thiophene rings is 1. The summed E-state index contributed by atoms with van der Waals surface area (Å²) in [5, 5.41) is 2.37. The molecule has 0 unspecified atom stereocenters. The highest BCUT2D eigenvalue weighted by atomic mass is 32.1. The van der Waals surface area contributed by atoms with Crippen molar-refractivity contribution in [2.24, 2.45) is 0 Å². The zero-order valence-corrected chi connectivity index (χ0v) is 17.9. The van der Waals surface area contributed by atoms with E-state index in [0.29, 0.717) is 13.2 Å². The Morgan fingerprint density at radius 2 is 2.14 bits per heavy atom. The van der Waals surface area contributed by atoms with Crippen LogP contribution in [-0.2, 0) is 34.2 Å². The van der Waals surface area contributed by atoms with Crippen molar-refractivity contribution in [2.75, 3.05) is 19.8 Å². The molecule has 0 aromatic carbocycles. The molecule has 0 N–H and O–H groups in total. The van der Waals surface area contributed by atoms with E-state index in [4.69, 9.17) is 9.47 Å². The van der Waals surface area contributed by atoms with Crippen LogP contribution < -0.4 is 0 Å². The van der Waals surface area contributed by atoms with Gasteiger partial charge in [0, 0.05) is 41.8 Å². The molecule has 0 saturated carbocycles. The van der Waals surface area contributed by atoms with Gasteiger partial charge in [-0.15, -0.1) is 11.3 Å². The molecule has 2 saturated heterocycles. The zero-order valence-electron chi connectivity index (χ0n) is 17.1. The van der Waals surface area contributed by atoms with Gasteiger partial charge in [0.25, 0.3) is 0 Å². The molecule has 1 spiro atoms. The van der Waals surface area contributed by atoms with E-state index in [1.54, 1.807) is 28.3 Å². The molecule has 29 heavy (non-hydrogen) atoms. The number of fused-ring (bicyclic) bond motifs is 1. The Morgan fingerprint density at radius 3 is 3.00 bits per heavy atom. The number of rotatable bonds is 6. The number of pyridine rings is 1. The van der Waals surface area contributed by atoms with Crippen molar-refractivity contribution in [2.45, 2.75) is 75.2 Å². The molecular weight excluding hydrogens is 385 g/mol. The van der Waals surface area contributed by atoms with Gasteiger partial charge in [0.2, 0.25) is 0 Å². The Balaban J connectivity index is 1.30. The number of aromatic nitrogens is 1. The number of unbranched alkanes of at least 4 members (excludes halogenated alkanes) is 1. The van der Waals surface area contributed by atoms with Crippen LogP contribution in [0.3, 0.4) is 0 Å². The maximum absolute atomic E-state index is 14.1. The summed E-state index contributed by atoms with van der Waals surface area (Å²) in [4.78, 5) is 6.23. The van der Waals surface area contributed by atoms with Crippen LogP contribution in [0.4, 0.5) is 4.39 Å². The van der Waals surface area contributed by atoms with Gasteiger partial charge in [0.1, 0.15) is 5.82 Å². The molecule has 2 aromatic heterocycles. The van der Waals surface area contributed by atoms with Crippen molar-refractivity contribution in [3.05, 3.63) is 51.2 Å². The molecule has 3 nitrogen and oxygen atoms in total. The van der Waals surface area contributed by atoms with Crippen LogP contribution in [0.1, 0.15) is 66.6 Å². The van der Waals surface area contributed by atoms with E-state index < -0.39 is 0 Å². The summed E-state index contributed by atoms with van der Waals surface area (Å²) in [5.74, 6) is -0.188. The van der Waals surface area contributed by atoms with Gasteiger partial charge in [-0.25, -0.2) is 4.39 Å². The fraction of sp³-hybridized carbons (Fsp3) is 0.625. The highest BCUT2D eigenvalue weighted by Crippen LogP contribution is 2.47. The van der Waals surface area contributed by atoms with Crippen LogP contribution in [-0.4, -0.2) is 30.4 Å². The summed E-state index contributed by atoms with van der Waals surface area (Å²) in [6, 6.07) is 3.10. The largest absolute Gasteiger partial charge is 0.378 e. The average Bonchev–Trinajstić information content (AvgIpc) is 3.44. The lowest BCUT2D eigenvalue weighted by atomic mass is 9.67. The van der Waals surface area contributed by atoms with Gasteiger partial charge in [0.05, 0.1) is 12.2 Å². The second-order valence-corrected chi connectivity index (χ2v) is 10.1. The van der Waals surface area contributed by atoms with Crippen LogP contribution in [0.5, 0.6) is 0 Å². The number of aryl methyl sites for hydroxylation is 2. The van der Waals surface area contributed by atoms with E-state index in [-0.39, 0.29) is 16.8 Å². The standard InChI is InChI=1S/C24H30FNO2S/c25-19-7-11-26-22(14-19)23(9-13-28-24(16-23)10-12-27-17-24)8-2-1-6-21-20-5-3-4-18(20)15-29-21/h7,11,14-15H,1-6,8-10,12-13,16-17H2/t23-,24-/m1/s1. The average molecular weight is 416 g/mol. The lowest BCUT2D eigenvalue weighted by Crippen LogP contribution is -2.48. The lowest BCUT2D eigenvalue weighted by Gasteiger charge is -2.45. The minimum atomic E-state index is -0.208. The quantitative estimate of drug-likeness (QED) is 0.593. The topological polar surface area (TPSA) is 31.4 Å². The molecule has 0 amide bonds. The molecule has 2 aliphatic heterocycles. The maximum Gasteiger partial charge on any atom is 0.126 e. The smallest absolute Gasteiger partial charge is 0.126 e. The third-order valence-electron chi connectivity index (χ3n) is 7.23. The van der Waals surface area contributed by atoms with Gasteiger partial charge in [-0.05, 0) is 80.0 Å². The Kier molecular flexibility index (Phi) is 5.48.